The fourth-order valence-electron chi connectivity index (χ4n) is 3.68. The zero-order valence-electron chi connectivity index (χ0n) is 12.9. The van der Waals surface area contributed by atoms with Gasteiger partial charge in [0.15, 0.2) is 0 Å². The van der Waals surface area contributed by atoms with Crippen molar-refractivity contribution in [1.82, 2.24) is 0 Å². The van der Waals surface area contributed by atoms with Crippen molar-refractivity contribution < 1.29 is 10.2 Å². The summed E-state index contributed by atoms with van der Waals surface area (Å²) < 4.78 is 0. The quantitative estimate of drug-likeness (QED) is 0.824. The number of benzene rings is 2. The Hall–Kier alpha value is -2.36. The molecule has 0 spiro atoms. The Labute approximate surface area is 135 Å². The third-order valence-electron chi connectivity index (χ3n) is 4.87. The molecule has 0 radical (unpaired) electrons. The highest BCUT2D eigenvalue weighted by Crippen LogP contribution is 2.42. The number of nitroso groups, excluding NO2 is 1. The number of phenols is 2. The monoisotopic (exact) mass is 311 g/mol. The molecule has 1 saturated carbocycles. The van der Waals surface area contributed by atoms with Gasteiger partial charge in [0.25, 0.3) is 0 Å². The van der Waals surface area contributed by atoms with Gasteiger partial charge in [0.05, 0.1) is 6.04 Å². The summed E-state index contributed by atoms with van der Waals surface area (Å²) in [4.78, 5) is 11.2. The van der Waals surface area contributed by atoms with Gasteiger partial charge in [-0.3, -0.25) is 0 Å². The van der Waals surface area contributed by atoms with Gasteiger partial charge in [-0.2, -0.15) is 4.91 Å². The molecule has 3 unspecified atom stereocenters. The summed E-state index contributed by atoms with van der Waals surface area (Å²) >= 11 is 0. The van der Waals surface area contributed by atoms with Crippen molar-refractivity contribution >= 4 is 0 Å². The van der Waals surface area contributed by atoms with Crippen LogP contribution in [-0.2, 0) is 6.42 Å². The molecule has 120 valence electrons. The second-order valence-electron chi connectivity index (χ2n) is 6.38. The molecule has 2 aromatic rings. The number of phenolic OH excluding ortho intramolecular Hbond substituents is 2. The minimum Gasteiger partial charge on any atom is -0.508 e. The molecule has 0 bridgehead atoms. The number of rotatable bonds is 4. The van der Waals surface area contributed by atoms with E-state index < -0.39 is 0 Å². The average molecular weight is 311 g/mol. The molecule has 4 nitrogen and oxygen atoms in total. The van der Waals surface area contributed by atoms with Crippen LogP contribution in [0.15, 0.2) is 53.7 Å². The molecule has 2 N–H and O–H groups in total. The van der Waals surface area contributed by atoms with E-state index in [1.165, 1.54) is 11.6 Å². The van der Waals surface area contributed by atoms with Gasteiger partial charge < -0.3 is 10.2 Å². The molecule has 0 aliphatic heterocycles. The maximum absolute atomic E-state index is 11.2. The number of hydrogen-bond acceptors (Lipinski definition) is 4. The predicted molar refractivity (Wildman–Crippen MR) is 89.6 cm³/mol. The maximum atomic E-state index is 11.2. The third-order valence-corrected chi connectivity index (χ3v) is 4.87. The van der Waals surface area contributed by atoms with E-state index in [2.05, 4.69) is 17.3 Å². The highest BCUT2D eigenvalue weighted by molar-refractivity contribution is 5.41. The van der Waals surface area contributed by atoms with Gasteiger partial charge in [0.2, 0.25) is 0 Å². The van der Waals surface area contributed by atoms with Crippen LogP contribution in [0, 0.1) is 10.8 Å². The van der Waals surface area contributed by atoms with E-state index in [0.717, 1.165) is 31.2 Å². The van der Waals surface area contributed by atoms with Gasteiger partial charge in [0, 0.05) is 6.07 Å². The van der Waals surface area contributed by atoms with Gasteiger partial charge in [-0.05, 0) is 54.7 Å². The van der Waals surface area contributed by atoms with Crippen LogP contribution in [-0.4, -0.2) is 16.3 Å². The van der Waals surface area contributed by atoms with Crippen molar-refractivity contribution in [2.75, 3.05) is 0 Å². The Morgan fingerprint density at radius 1 is 1.04 bits per heavy atom. The van der Waals surface area contributed by atoms with Crippen molar-refractivity contribution in [3.63, 3.8) is 0 Å². The van der Waals surface area contributed by atoms with Crippen LogP contribution in [0.1, 0.15) is 36.3 Å². The van der Waals surface area contributed by atoms with Crippen molar-refractivity contribution in [1.29, 1.82) is 0 Å². The van der Waals surface area contributed by atoms with Crippen LogP contribution in [0.5, 0.6) is 11.5 Å². The maximum Gasteiger partial charge on any atom is 0.122 e. The molecule has 0 aromatic heterocycles. The van der Waals surface area contributed by atoms with E-state index in [0.29, 0.717) is 0 Å². The second kappa shape index (κ2) is 6.82. The number of aromatic hydroxyl groups is 2. The lowest BCUT2D eigenvalue weighted by Crippen LogP contribution is -2.28. The SMILES string of the molecule is O=NC1CCC(c2ccc(O)cc2O)CC1Cc1ccccc1. The summed E-state index contributed by atoms with van der Waals surface area (Å²) in [5, 5.41) is 22.9. The Morgan fingerprint density at radius 3 is 2.52 bits per heavy atom. The molecule has 1 fully saturated rings. The van der Waals surface area contributed by atoms with Crippen LogP contribution >= 0.6 is 0 Å². The van der Waals surface area contributed by atoms with Crippen LogP contribution in [0.3, 0.4) is 0 Å². The first-order valence-corrected chi connectivity index (χ1v) is 8.05. The lowest BCUT2D eigenvalue weighted by molar-refractivity contribution is 0.273. The van der Waals surface area contributed by atoms with Gasteiger partial charge in [-0.1, -0.05) is 41.6 Å². The normalized spacial score (nSPS) is 24.3. The average Bonchev–Trinajstić information content (AvgIpc) is 2.56. The minimum absolute atomic E-state index is 0.0651. The largest absolute Gasteiger partial charge is 0.508 e. The highest BCUT2D eigenvalue weighted by Gasteiger charge is 2.33. The first-order chi connectivity index (χ1) is 11.2. The highest BCUT2D eigenvalue weighted by atomic mass is 16.3. The molecule has 1 aliphatic rings. The van der Waals surface area contributed by atoms with Crippen molar-refractivity contribution in [2.45, 2.75) is 37.6 Å². The fraction of sp³-hybridized carbons (Fsp3) is 0.368. The van der Waals surface area contributed by atoms with E-state index >= 15 is 0 Å². The van der Waals surface area contributed by atoms with Gasteiger partial charge in [-0.25, -0.2) is 0 Å². The van der Waals surface area contributed by atoms with Gasteiger partial charge in [0.1, 0.15) is 11.5 Å². The van der Waals surface area contributed by atoms with Crippen molar-refractivity contribution in [3.8, 4) is 11.5 Å². The lowest BCUT2D eigenvalue weighted by atomic mass is 9.73. The summed E-state index contributed by atoms with van der Waals surface area (Å²) in [5.74, 6) is 0.575. The number of nitrogens with zero attached hydrogens (tertiary/aromatic N) is 1. The first-order valence-electron chi connectivity index (χ1n) is 8.05. The fourth-order valence-corrected chi connectivity index (χ4v) is 3.68. The third kappa shape index (κ3) is 3.52. The summed E-state index contributed by atoms with van der Waals surface area (Å²) in [5.41, 5.74) is 2.06. The van der Waals surface area contributed by atoms with Gasteiger partial charge in [-0.15, -0.1) is 0 Å². The van der Waals surface area contributed by atoms with E-state index in [9.17, 15) is 15.1 Å². The first kappa shape index (κ1) is 15.5. The molecule has 23 heavy (non-hydrogen) atoms. The minimum atomic E-state index is -0.161. The van der Waals surface area contributed by atoms with Crippen LogP contribution < -0.4 is 0 Å². The predicted octanol–water partition coefficient (Wildman–Crippen LogP) is 4.36. The molecule has 1 aliphatic carbocycles. The molecule has 0 saturated heterocycles. The van der Waals surface area contributed by atoms with Crippen LogP contribution in [0.25, 0.3) is 0 Å². The van der Waals surface area contributed by atoms with E-state index in [-0.39, 0.29) is 29.4 Å². The van der Waals surface area contributed by atoms with E-state index in [4.69, 9.17) is 0 Å². The Morgan fingerprint density at radius 2 is 1.83 bits per heavy atom. The van der Waals surface area contributed by atoms with E-state index in [1.54, 1.807) is 12.1 Å². The number of hydrogen-bond donors (Lipinski definition) is 2. The lowest BCUT2D eigenvalue weighted by Gasteiger charge is -2.33. The van der Waals surface area contributed by atoms with E-state index in [1.807, 2.05) is 18.2 Å². The zero-order chi connectivity index (χ0) is 16.2. The standard InChI is InChI=1S/C19H21NO3/c21-16-7-8-17(19(22)12-16)14-6-9-18(20-23)15(11-14)10-13-4-2-1-3-5-13/h1-5,7-8,12,14-15,18,21-22H,6,9-11H2. The Balaban J connectivity index is 1.79. The Bertz CT molecular complexity index is 672. The molecular weight excluding hydrogens is 290 g/mol. The molecule has 4 heteroatoms. The van der Waals surface area contributed by atoms with Gasteiger partial charge >= 0.3 is 0 Å². The molecule has 2 aromatic carbocycles. The van der Waals surface area contributed by atoms with Crippen molar-refractivity contribution in [2.24, 2.45) is 11.1 Å². The topological polar surface area (TPSA) is 69.9 Å². The molecule has 0 heterocycles. The summed E-state index contributed by atoms with van der Waals surface area (Å²) in [7, 11) is 0. The van der Waals surface area contributed by atoms with Crippen LogP contribution in [0.2, 0.25) is 0 Å². The van der Waals surface area contributed by atoms with Crippen molar-refractivity contribution in [3.05, 3.63) is 64.6 Å². The molecule has 3 rings (SSSR count). The Kier molecular flexibility index (Phi) is 4.60. The summed E-state index contributed by atoms with van der Waals surface area (Å²) in [6.45, 7) is 0. The zero-order valence-corrected chi connectivity index (χ0v) is 12.9. The molecular formula is C19H21NO3. The summed E-state index contributed by atoms with van der Waals surface area (Å²) in [6, 6.07) is 14.7. The molecule has 0 amide bonds. The molecule has 3 atom stereocenters. The van der Waals surface area contributed by atoms with Crippen LogP contribution in [0.4, 0.5) is 0 Å². The second-order valence-corrected chi connectivity index (χ2v) is 6.38. The summed E-state index contributed by atoms with van der Waals surface area (Å²) in [6.07, 6.45) is 3.22. The smallest absolute Gasteiger partial charge is 0.122 e.